The number of carboxylic acids is 1. The largest absolute Gasteiger partial charge is 0.494 e. The first kappa shape index (κ1) is 18.2. The molecular formula is C18H24N4O4. The van der Waals surface area contributed by atoms with Crippen molar-refractivity contribution < 1.29 is 19.4 Å². The zero-order chi connectivity index (χ0) is 18.4. The van der Waals surface area contributed by atoms with E-state index in [0.29, 0.717) is 25.1 Å². The van der Waals surface area contributed by atoms with Crippen LogP contribution in [-0.4, -0.2) is 61.0 Å². The number of fused-ring (bicyclic) bond motifs is 1. The summed E-state index contributed by atoms with van der Waals surface area (Å²) in [6, 6.07) is 5.37. The van der Waals surface area contributed by atoms with E-state index in [0.717, 1.165) is 30.8 Å². The van der Waals surface area contributed by atoms with E-state index in [1.807, 2.05) is 18.3 Å². The number of carbonyl (C=O) groups excluding carboxylic acids is 1. The van der Waals surface area contributed by atoms with Gasteiger partial charge in [0.25, 0.3) is 5.91 Å². The Morgan fingerprint density at radius 3 is 3.08 bits per heavy atom. The summed E-state index contributed by atoms with van der Waals surface area (Å²) in [6.45, 7) is 2.39. The van der Waals surface area contributed by atoms with E-state index in [1.54, 1.807) is 12.1 Å². The van der Waals surface area contributed by atoms with E-state index in [2.05, 4.69) is 16.0 Å². The molecule has 26 heavy (non-hydrogen) atoms. The topological polar surface area (TPSA) is 103 Å². The van der Waals surface area contributed by atoms with Crippen LogP contribution < -0.4 is 20.7 Å². The first-order valence-electron chi connectivity index (χ1n) is 8.78. The van der Waals surface area contributed by atoms with E-state index in [1.165, 1.54) is 4.90 Å². The van der Waals surface area contributed by atoms with E-state index in [-0.39, 0.29) is 18.7 Å². The quantitative estimate of drug-likeness (QED) is 0.488. The van der Waals surface area contributed by atoms with Crippen LogP contribution >= 0.6 is 0 Å². The molecule has 1 amide bonds. The van der Waals surface area contributed by atoms with Gasteiger partial charge < -0.3 is 20.1 Å². The van der Waals surface area contributed by atoms with Crippen LogP contribution in [0.5, 0.6) is 5.75 Å². The summed E-state index contributed by atoms with van der Waals surface area (Å²) < 4.78 is 5.77. The van der Waals surface area contributed by atoms with E-state index in [9.17, 15) is 9.59 Å². The van der Waals surface area contributed by atoms with Gasteiger partial charge in [-0.2, -0.15) is 0 Å². The van der Waals surface area contributed by atoms with Crippen LogP contribution in [0.15, 0.2) is 30.5 Å². The average molecular weight is 360 g/mol. The third-order valence-electron chi connectivity index (χ3n) is 4.33. The minimum absolute atomic E-state index is 0.0866. The Morgan fingerprint density at radius 1 is 1.42 bits per heavy atom. The number of hydrogen-bond donors (Lipinski definition) is 4. The van der Waals surface area contributed by atoms with Crippen molar-refractivity contribution in [3.8, 4) is 5.75 Å². The molecule has 140 valence electrons. The molecule has 4 N–H and O–H groups in total. The molecule has 8 heteroatoms. The van der Waals surface area contributed by atoms with Crippen LogP contribution in [0.25, 0.3) is 0 Å². The fourth-order valence-electron chi connectivity index (χ4n) is 3.02. The number of nitrogens with one attached hydrogen (secondary N) is 3. The van der Waals surface area contributed by atoms with Crippen LogP contribution in [0.1, 0.15) is 22.3 Å². The molecule has 1 unspecified atom stereocenters. The average Bonchev–Trinajstić information content (AvgIpc) is 2.64. The molecule has 2 heterocycles. The molecule has 1 aromatic carbocycles. The maximum Gasteiger partial charge on any atom is 0.323 e. The van der Waals surface area contributed by atoms with Gasteiger partial charge in [0.1, 0.15) is 18.6 Å². The molecular weight excluding hydrogens is 336 g/mol. The van der Waals surface area contributed by atoms with Gasteiger partial charge in [-0.05, 0) is 42.8 Å². The Labute approximate surface area is 152 Å². The van der Waals surface area contributed by atoms with E-state index < -0.39 is 5.97 Å². The minimum atomic E-state index is -0.995. The maximum atomic E-state index is 12.3. The molecule has 3 rings (SSSR count). The van der Waals surface area contributed by atoms with Crippen LogP contribution in [-0.2, 0) is 11.2 Å². The summed E-state index contributed by atoms with van der Waals surface area (Å²) in [5, 5.41) is 18.6. The standard InChI is InChI=1S/C18H24N4O4/c23-16(24)12-22-9-5-13-11-14(3-4-15(13)17(22)25)26-10-2-8-21-18-19-6-1-7-20-18/h1,3-4,6,11,18-21H,2,5,7-10,12H2,(H,23,24). The Balaban J connectivity index is 1.45. The second kappa shape index (κ2) is 8.68. The van der Waals surface area contributed by atoms with Crippen molar-refractivity contribution in [2.75, 3.05) is 32.8 Å². The second-order valence-corrected chi connectivity index (χ2v) is 6.26. The van der Waals surface area contributed by atoms with Crippen molar-refractivity contribution in [3.05, 3.63) is 41.6 Å². The SMILES string of the molecule is O=C(O)CN1CCc2cc(OCCCNC3NC=CCN3)ccc2C1=O. The lowest BCUT2D eigenvalue weighted by atomic mass is 9.98. The highest BCUT2D eigenvalue weighted by Crippen LogP contribution is 2.24. The number of aliphatic carboxylic acids is 1. The third-order valence-corrected chi connectivity index (χ3v) is 4.33. The summed E-state index contributed by atoms with van der Waals surface area (Å²) in [5.74, 6) is -0.490. The van der Waals surface area contributed by atoms with Gasteiger partial charge >= 0.3 is 5.97 Å². The molecule has 0 saturated heterocycles. The fraction of sp³-hybridized carbons (Fsp3) is 0.444. The molecule has 0 bridgehead atoms. The molecule has 0 fully saturated rings. The van der Waals surface area contributed by atoms with Crippen molar-refractivity contribution in [1.29, 1.82) is 0 Å². The van der Waals surface area contributed by atoms with Gasteiger partial charge in [0.2, 0.25) is 0 Å². The molecule has 0 spiro atoms. The van der Waals surface area contributed by atoms with Crippen LogP contribution in [0.2, 0.25) is 0 Å². The monoisotopic (exact) mass is 360 g/mol. The molecule has 2 aliphatic rings. The molecule has 0 saturated carbocycles. The van der Waals surface area contributed by atoms with Crippen LogP contribution in [0, 0.1) is 0 Å². The summed E-state index contributed by atoms with van der Waals surface area (Å²) in [5.41, 5.74) is 1.48. The zero-order valence-electron chi connectivity index (χ0n) is 14.5. The maximum absolute atomic E-state index is 12.3. The number of amides is 1. The molecule has 1 atom stereocenters. The number of rotatable bonds is 8. The highest BCUT2D eigenvalue weighted by Gasteiger charge is 2.25. The first-order chi connectivity index (χ1) is 12.6. The number of nitrogens with zero attached hydrogens (tertiary/aromatic N) is 1. The predicted octanol–water partition coefficient (Wildman–Crippen LogP) is 0.118. The Hall–Kier alpha value is -2.58. The molecule has 0 radical (unpaired) electrons. The van der Waals surface area contributed by atoms with Crippen molar-refractivity contribution >= 4 is 11.9 Å². The van der Waals surface area contributed by atoms with Crippen LogP contribution in [0.4, 0.5) is 0 Å². The lowest BCUT2D eigenvalue weighted by molar-refractivity contribution is -0.137. The van der Waals surface area contributed by atoms with Gasteiger partial charge in [-0.3, -0.25) is 20.2 Å². The second-order valence-electron chi connectivity index (χ2n) is 6.26. The number of hydrogen-bond acceptors (Lipinski definition) is 6. The number of benzene rings is 1. The lowest BCUT2D eigenvalue weighted by Crippen LogP contribution is -2.53. The minimum Gasteiger partial charge on any atom is -0.494 e. The van der Waals surface area contributed by atoms with Gasteiger partial charge in [0.15, 0.2) is 0 Å². The van der Waals surface area contributed by atoms with Crippen LogP contribution in [0.3, 0.4) is 0 Å². The van der Waals surface area contributed by atoms with Crippen molar-refractivity contribution in [3.63, 3.8) is 0 Å². The van der Waals surface area contributed by atoms with Gasteiger partial charge in [-0.1, -0.05) is 6.08 Å². The lowest BCUT2D eigenvalue weighted by Gasteiger charge is -2.27. The third kappa shape index (κ3) is 4.74. The number of ether oxygens (including phenoxy) is 1. The van der Waals surface area contributed by atoms with Gasteiger partial charge in [0.05, 0.1) is 6.61 Å². The fourth-order valence-corrected chi connectivity index (χ4v) is 3.02. The van der Waals surface area contributed by atoms with Gasteiger partial charge in [-0.25, -0.2) is 0 Å². The normalized spacial score (nSPS) is 19.0. The highest BCUT2D eigenvalue weighted by molar-refractivity contribution is 5.98. The highest BCUT2D eigenvalue weighted by atomic mass is 16.5. The summed E-state index contributed by atoms with van der Waals surface area (Å²) in [4.78, 5) is 24.5. The number of carbonyl (C=O) groups is 2. The Bertz CT molecular complexity index is 692. The van der Waals surface area contributed by atoms with Crippen molar-refractivity contribution in [2.45, 2.75) is 19.1 Å². The first-order valence-corrected chi connectivity index (χ1v) is 8.78. The Kier molecular flexibility index (Phi) is 6.08. The summed E-state index contributed by atoms with van der Waals surface area (Å²) in [7, 11) is 0. The van der Waals surface area contributed by atoms with Crippen molar-refractivity contribution in [1.82, 2.24) is 20.9 Å². The molecule has 8 nitrogen and oxygen atoms in total. The van der Waals surface area contributed by atoms with Gasteiger partial charge in [-0.15, -0.1) is 0 Å². The molecule has 0 aliphatic carbocycles. The molecule has 1 aromatic rings. The smallest absolute Gasteiger partial charge is 0.323 e. The Morgan fingerprint density at radius 2 is 2.31 bits per heavy atom. The summed E-state index contributed by atoms with van der Waals surface area (Å²) >= 11 is 0. The summed E-state index contributed by atoms with van der Waals surface area (Å²) in [6.07, 6.45) is 5.52. The van der Waals surface area contributed by atoms with E-state index in [4.69, 9.17) is 9.84 Å². The van der Waals surface area contributed by atoms with Gasteiger partial charge in [0, 0.05) is 25.2 Å². The molecule has 2 aliphatic heterocycles. The number of carboxylic acid groups (broad SMARTS) is 1. The predicted molar refractivity (Wildman–Crippen MR) is 95.9 cm³/mol. The van der Waals surface area contributed by atoms with E-state index >= 15 is 0 Å². The zero-order valence-corrected chi connectivity index (χ0v) is 14.5. The van der Waals surface area contributed by atoms with Crippen molar-refractivity contribution in [2.24, 2.45) is 0 Å². The molecule has 0 aromatic heterocycles.